The second-order valence-electron chi connectivity index (χ2n) is 2.12. The maximum atomic E-state index is 5.62. The standard InChI is InChI=1S/C8H10BrNS/c1-2-11-8-5-6(10)3-4-7(8)9/h3-5H,2,10H2,1H3. The summed E-state index contributed by atoms with van der Waals surface area (Å²) < 4.78 is 1.12. The van der Waals surface area contributed by atoms with E-state index in [2.05, 4.69) is 22.9 Å². The number of benzene rings is 1. The third-order valence-corrected chi connectivity index (χ3v) is 3.15. The molecule has 1 aromatic carbocycles. The van der Waals surface area contributed by atoms with Crippen LogP contribution in [0.2, 0.25) is 0 Å². The lowest BCUT2D eigenvalue weighted by molar-refractivity contribution is 1.39. The zero-order valence-corrected chi connectivity index (χ0v) is 8.71. The molecule has 1 rings (SSSR count). The van der Waals surface area contributed by atoms with Crippen molar-refractivity contribution in [2.45, 2.75) is 11.8 Å². The van der Waals surface area contributed by atoms with Gasteiger partial charge in [0.1, 0.15) is 0 Å². The fraction of sp³-hybridized carbons (Fsp3) is 0.250. The molecule has 1 nitrogen and oxygen atoms in total. The Labute approximate surface area is 79.5 Å². The highest BCUT2D eigenvalue weighted by atomic mass is 79.9. The quantitative estimate of drug-likeness (QED) is 0.626. The molecule has 60 valence electrons. The van der Waals surface area contributed by atoms with Crippen molar-refractivity contribution in [1.82, 2.24) is 0 Å². The molecule has 0 aromatic heterocycles. The van der Waals surface area contributed by atoms with Crippen LogP contribution in [-0.2, 0) is 0 Å². The Morgan fingerprint density at radius 1 is 1.55 bits per heavy atom. The van der Waals surface area contributed by atoms with Gasteiger partial charge in [-0.3, -0.25) is 0 Å². The van der Waals surface area contributed by atoms with Gasteiger partial charge in [0.15, 0.2) is 0 Å². The van der Waals surface area contributed by atoms with Gasteiger partial charge in [0, 0.05) is 15.1 Å². The molecule has 0 fully saturated rings. The minimum atomic E-state index is 0.823. The van der Waals surface area contributed by atoms with Crippen molar-refractivity contribution < 1.29 is 0 Å². The molecule has 3 heteroatoms. The van der Waals surface area contributed by atoms with Gasteiger partial charge in [0.2, 0.25) is 0 Å². The van der Waals surface area contributed by atoms with Gasteiger partial charge in [-0.25, -0.2) is 0 Å². The van der Waals surface area contributed by atoms with Crippen LogP contribution in [0.1, 0.15) is 6.92 Å². The Balaban J connectivity index is 2.93. The topological polar surface area (TPSA) is 26.0 Å². The van der Waals surface area contributed by atoms with Crippen molar-refractivity contribution in [2.75, 3.05) is 11.5 Å². The largest absolute Gasteiger partial charge is 0.399 e. The van der Waals surface area contributed by atoms with Gasteiger partial charge in [-0.1, -0.05) is 6.92 Å². The Bertz CT molecular complexity index is 250. The highest BCUT2D eigenvalue weighted by molar-refractivity contribution is 9.10. The third-order valence-electron chi connectivity index (χ3n) is 1.26. The lowest BCUT2D eigenvalue weighted by Gasteiger charge is -2.02. The Hall–Kier alpha value is -0.150. The molecule has 0 amide bonds. The molecule has 0 saturated heterocycles. The van der Waals surface area contributed by atoms with Crippen molar-refractivity contribution in [3.8, 4) is 0 Å². The van der Waals surface area contributed by atoms with Crippen LogP contribution in [0.15, 0.2) is 27.6 Å². The molecular weight excluding hydrogens is 222 g/mol. The number of hydrogen-bond acceptors (Lipinski definition) is 2. The molecule has 0 spiro atoms. The van der Waals surface area contributed by atoms with Crippen molar-refractivity contribution in [3.05, 3.63) is 22.7 Å². The van der Waals surface area contributed by atoms with Crippen LogP contribution in [-0.4, -0.2) is 5.75 Å². The average molecular weight is 232 g/mol. The van der Waals surface area contributed by atoms with Crippen molar-refractivity contribution in [1.29, 1.82) is 0 Å². The number of hydrogen-bond donors (Lipinski definition) is 1. The summed E-state index contributed by atoms with van der Waals surface area (Å²) in [5, 5.41) is 0. The monoisotopic (exact) mass is 231 g/mol. The van der Waals surface area contributed by atoms with E-state index in [1.165, 1.54) is 4.90 Å². The van der Waals surface area contributed by atoms with Gasteiger partial charge in [-0.2, -0.15) is 0 Å². The van der Waals surface area contributed by atoms with Crippen LogP contribution in [0.4, 0.5) is 5.69 Å². The highest BCUT2D eigenvalue weighted by Gasteiger charge is 1.98. The summed E-state index contributed by atoms with van der Waals surface area (Å²) in [6, 6.07) is 5.86. The smallest absolute Gasteiger partial charge is 0.0326 e. The first-order valence-corrected chi connectivity index (χ1v) is 5.19. The number of nitrogens with two attached hydrogens (primary N) is 1. The first-order valence-electron chi connectivity index (χ1n) is 3.42. The van der Waals surface area contributed by atoms with E-state index < -0.39 is 0 Å². The van der Waals surface area contributed by atoms with Crippen LogP contribution in [0.25, 0.3) is 0 Å². The minimum absolute atomic E-state index is 0.823. The molecular formula is C8H10BrNS. The molecule has 0 unspecified atom stereocenters. The summed E-state index contributed by atoms with van der Waals surface area (Å²) in [6.45, 7) is 2.13. The Morgan fingerprint density at radius 2 is 2.27 bits per heavy atom. The number of halogens is 1. The fourth-order valence-electron chi connectivity index (χ4n) is 0.786. The van der Waals surface area contributed by atoms with Crippen molar-refractivity contribution >= 4 is 33.4 Å². The molecule has 0 saturated carbocycles. The van der Waals surface area contributed by atoms with E-state index in [1.54, 1.807) is 11.8 Å². The SMILES string of the molecule is CCSc1cc(N)ccc1Br. The summed E-state index contributed by atoms with van der Waals surface area (Å²) in [5.41, 5.74) is 6.45. The van der Waals surface area contributed by atoms with E-state index in [4.69, 9.17) is 5.73 Å². The van der Waals surface area contributed by atoms with Crippen LogP contribution >= 0.6 is 27.7 Å². The first kappa shape index (κ1) is 8.94. The highest BCUT2D eigenvalue weighted by Crippen LogP contribution is 2.28. The molecule has 0 aliphatic rings. The van der Waals surface area contributed by atoms with Crippen LogP contribution in [0.3, 0.4) is 0 Å². The predicted molar refractivity (Wildman–Crippen MR) is 55.0 cm³/mol. The molecule has 11 heavy (non-hydrogen) atoms. The van der Waals surface area contributed by atoms with Gasteiger partial charge in [0.25, 0.3) is 0 Å². The fourth-order valence-corrected chi connectivity index (χ4v) is 2.11. The Kier molecular flexibility index (Phi) is 3.27. The summed E-state index contributed by atoms with van der Waals surface area (Å²) in [5.74, 6) is 1.07. The lowest BCUT2D eigenvalue weighted by atomic mass is 10.3. The van der Waals surface area contributed by atoms with Crippen LogP contribution < -0.4 is 5.73 Å². The second kappa shape index (κ2) is 4.02. The maximum absolute atomic E-state index is 5.62. The zero-order valence-electron chi connectivity index (χ0n) is 6.30. The molecule has 1 aromatic rings. The van der Waals surface area contributed by atoms with Crippen LogP contribution in [0, 0.1) is 0 Å². The number of rotatable bonds is 2. The molecule has 0 atom stereocenters. The van der Waals surface area contributed by atoms with Gasteiger partial charge in [0.05, 0.1) is 0 Å². The summed E-state index contributed by atoms with van der Waals surface area (Å²) >= 11 is 5.24. The van der Waals surface area contributed by atoms with E-state index in [0.717, 1.165) is 15.9 Å². The second-order valence-corrected chi connectivity index (χ2v) is 4.28. The zero-order chi connectivity index (χ0) is 8.27. The molecule has 2 N–H and O–H groups in total. The van der Waals surface area contributed by atoms with Gasteiger partial charge < -0.3 is 5.73 Å². The van der Waals surface area contributed by atoms with E-state index in [0.29, 0.717) is 0 Å². The normalized spacial score (nSPS) is 10.0. The average Bonchev–Trinajstić information content (AvgIpc) is 1.98. The maximum Gasteiger partial charge on any atom is 0.0326 e. The lowest BCUT2D eigenvalue weighted by Crippen LogP contribution is -1.85. The molecule has 0 aliphatic carbocycles. The third kappa shape index (κ3) is 2.42. The van der Waals surface area contributed by atoms with Crippen molar-refractivity contribution in [2.24, 2.45) is 0 Å². The van der Waals surface area contributed by atoms with E-state index >= 15 is 0 Å². The Morgan fingerprint density at radius 3 is 2.91 bits per heavy atom. The molecule has 0 heterocycles. The number of thioether (sulfide) groups is 1. The summed E-state index contributed by atoms with van der Waals surface area (Å²) in [7, 11) is 0. The van der Waals surface area contributed by atoms with Gasteiger partial charge >= 0.3 is 0 Å². The van der Waals surface area contributed by atoms with E-state index in [9.17, 15) is 0 Å². The van der Waals surface area contributed by atoms with E-state index in [1.807, 2.05) is 18.2 Å². The minimum Gasteiger partial charge on any atom is -0.399 e. The summed E-state index contributed by atoms with van der Waals surface area (Å²) in [4.78, 5) is 1.22. The molecule has 0 bridgehead atoms. The predicted octanol–water partition coefficient (Wildman–Crippen LogP) is 3.14. The molecule has 0 aliphatic heterocycles. The van der Waals surface area contributed by atoms with Gasteiger partial charge in [-0.15, -0.1) is 11.8 Å². The number of anilines is 1. The van der Waals surface area contributed by atoms with E-state index in [-0.39, 0.29) is 0 Å². The van der Waals surface area contributed by atoms with Gasteiger partial charge in [-0.05, 0) is 39.9 Å². The first-order chi connectivity index (χ1) is 5.24. The number of nitrogen functional groups attached to an aromatic ring is 1. The van der Waals surface area contributed by atoms with Crippen LogP contribution in [0.5, 0.6) is 0 Å². The van der Waals surface area contributed by atoms with Crippen molar-refractivity contribution in [3.63, 3.8) is 0 Å². The summed E-state index contributed by atoms with van der Waals surface area (Å²) in [6.07, 6.45) is 0. The molecule has 0 radical (unpaired) electrons.